The second-order valence-corrected chi connectivity index (χ2v) is 4.64. The standard InChI is InChI=1S/C13H18N4/c1-2-8-15-13-12(14)11-7-6-9-4-3-5-10(9)17(11)16-13/h6-7H,2-5,8,14H2,1H3,(H,15,16). The van der Waals surface area contributed by atoms with Crippen LogP contribution in [0.25, 0.3) is 5.52 Å². The van der Waals surface area contributed by atoms with Gasteiger partial charge in [-0.25, -0.2) is 4.52 Å². The summed E-state index contributed by atoms with van der Waals surface area (Å²) in [6.07, 6.45) is 4.58. The molecule has 3 rings (SSSR count). The lowest BCUT2D eigenvalue weighted by Crippen LogP contribution is -2.03. The van der Waals surface area contributed by atoms with E-state index in [0.717, 1.165) is 36.4 Å². The Bertz CT molecular complexity index is 556. The minimum atomic E-state index is 0.771. The lowest BCUT2D eigenvalue weighted by Gasteiger charge is -2.01. The molecule has 0 aliphatic heterocycles. The Labute approximate surface area is 101 Å². The van der Waals surface area contributed by atoms with Gasteiger partial charge in [-0.15, -0.1) is 5.10 Å². The first-order chi connectivity index (χ1) is 8.31. The van der Waals surface area contributed by atoms with Gasteiger partial charge in [0, 0.05) is 12.2 Å². The predicted octanol–water partition coefficient (Wildman–Crippen LogP) is 2.23. The number of rotatable bonds is 3. The predicted molar refractivity (Wildman–Crippen MR) is 70.4 cm³/mol. The van der Waals surface area contributed by atoms with Gasteiger partial charge in [-0.05, 0) is 37.3 Å². The summed E-state index contributed by atoms with van der Waals surface area (Å²) in [5, 5.41) is 7.89. The second kappa shape index (κ2) is 3.95. The van der Waals surface area contributed by atoms with E-state index in [-0.39, 0.29) is 0 Å². The quantitative estimate of drug-likeness (QED) is 0.850. The average Bonchev–Trinajstić information content (AvgIpc) is 2.91. The third-order valence-electron chi connectivity index (χ3n) is 3.43. The maximum atomic E-state index is 6.13. The van der Waals surface area contributed by atoms with Crippen molar-refractivity contribution < 1.29 is 0 Å². The fraction of sp³-hybridized carbons (Fsp3) is 0.462. The number of nitrogens with two attached hydrogens (primary N) is 1. The summed E-state index contributed by atoms with van der Waals surface area (Å²) in [4.78, 5) is 0. The molecule has 0 spiro atoms. The number of nitrogens with one attached hydrogen (secondary N) is 1. The molecule has 0 radical (unpaired) electrons. The highest BCUT2D eigenvalue weighted by Gasteiger charge is 2.18. The van der Waals surface area contributed by atoms with E-state index in [9.17, 15) is 0 Å². The van der Waals surface area contributed by atoms with Crippen molar-refractivity contribution in [1.29, 1.82) is 0 Å². The average molecular weight is 230 g/mol. The summed E-state index contributed by atoms with van der Waals surface area (Å²) in [5.74, 6) is 0.826. The van der Waals surface area contributed by atoms with Gasteiger partial charge in [0.15, 0.2) is 5.82 Å². The summed E-state index contributed by atoms with van der Waals surface area (Å²) >= 11 is 0. The normalized spacial score (nSPS) is 14.2. The van der Waals surface area contributed by atoms with Gasteiger partial charge in [0.2, 0.25) is 0 Å². The third kappa shape index (κ3) is 1.55. The van der Waals surface area contributed by atoms with Crippen LogP contribution in [0.2, 0.25) is 0 Å². The highest BCUT2D eigenvalue weighted by molar-refractivity contribution is 5.81. The van der Waals surface area contributed by atoms with Crippen LogP contribution < -0.4 is 11.1 Å². The van der Waals surface area contributed by atoms with E-state index >= 15 is 0 Å². The molecule has 2 aromatic heterocycles. The molecule has 0 fully saturated rings. The fourth-order valence-corrected chi connectivity index (χ4v) is 2.54. The Kier molecular flexibility index (Phi) is 2.42. The van der Waals surface area contributed by atoms with E-state index in [2.05, 4.69) is 29.5 Å². The van der Waals surface area contributed by atoms with Crippen molar-refractivity contribution in [3.63, 3.8) is 0 Å². The fourth-order valence-electron chi connectivity index (χ4n) is 2.54. The van der Waals surface area contributed by atoms with Crippen molar-refractivity contribution in [2.75, 3.05) is 17.6 Å². The van der Waals surface area contributed by atoms with Gasteiger partial charge in [-0.2, -0.15) is 0 Å². The van der Waals surface area contributed by atoms with Crippen LogP contribution in [0.5, 0.6) is 0 Å². The number of hydrogen-bond acceptors (Lipinski definition) is 3. The van der Waals surface area contributed by atoms with Crippen LogP contribution in [0.3, 0.4) is 0 Å². The third-order valence-corrected chi connectivity index (χ3v) is 3.43. The van der Waals surface area contributed by atoms with Gasteiger partial charge in [0.25, 0.3) is 0 Å². The van der Waals surface area contributed by atoms with Crippen LogP contribution in [-0.2, 0) is 12.8 Å². The van der Waals surface area contributed by atoms with Gasteiger partial charge in [0.1, 0.15) is 5.69 Å². The number of anilines is 2. The highest BCUT2D eigenvalue weighted by atomic mass is 15.3. The van der Waals surface area contributed by atoms with Crippen LogP contribution in [-0.4, -0.2) is 16.2 Å². The molecule has 4 heteroatoms. The van der Waals surface area contributed by atoms with Gasteiger partial charge in [0.05, 0.1) is 5.52 Å². The minimum absolute atomic E-state index is 0.771. The molecule has 17 heavy (non-hydrogen) atoms. The summed E-state index contributed by atoms with van der Waals surface area (Å²) in [6, 6.07) is 4.28. The molecular weight excluding hydrogens is 212 g/mol. The Morgan fingerprint density at radius 2 is 2.29 bits per heavy atom. The molecule has 0 atom stereocenters. The van der Waals surface area contributed by atoms with Crippen LogP contribution in [0.15, 0.2) is 12.1 Å². The first kappa shape index (κ1) is 10.4. The minimum Gasteiger partial charge on any atom is -0.394 e. The smallest absolute Gasteiger partial charge is 0.172 e. The Morgan fingerprint density at radius 3 is 3.12 bits per heavy atom. The van der Waals surface area contributed by atoms with E-state index in [0.29, 0.717) is 0 Å². The number of pyridine rings is 1. The molecule has 0 aromatic carbocycles. The van der Waals surface area contributed by atoms with E-state index in [4.69, 9.17) is 5.73 Å². The zero-order valence-electron chi connectivity index (χ0n) is 10.2. The Hall–Kier alpha value is -1.71. The molecule has 2 aromatic rings. The molecule has 1 aliphatic carbocycles. The Balaban J connectivity index is 2.12. The monoisotopic (exact) mass is 230 g/mol. The molecule has 3 N–H and O–H groups in total. The van der Waals surface area contributed by atoms with Gasteiger partial charge < -0.3 is 11.1 Å². The maximum absolute atomic E-state index is 6.13. The zero-order valence-corrected chi connectivity index (χ0v) is 10.2. The molecule has 0 amide bonds. The maximum Gasteiger partial charge on any atom is 0.172 e. The van der Waals surface area contributed by atoms with Crippen molar-refractivity contribution >= 4 is 17.0 Å². The zero-order chi connectivity index (χ0) is 11.8. The lowest BCUT2D eigenvalue weighted by molar-refractivity contribution is 0.841. The van der Waals surface area contributed by atoms with E-state index in [1.807, 2.05) is 4.52 Å². The van der Waals surface area contributed by atoms with E-state index < -0.39 is 0 Å². The number of nitrogens with zero attached hydrogens (tertiary/aromatic N) is 2. The van der Waals surface area contributed by atoms with Crippen LogP contribution in [0, 0.1) is 0 Å². The first-order valence-corrected chi connectivity index (χ1v) is 6.34. The number of fused-ring (bicyclic) bond motifs is 3. The SMILES string of the molecule is CCCNc1nn2c3c(ccc2c1N)CCC3. The van der Waals surface area contributed by atoms with Crippen LogP contribution in [0.1, 0.15) is 31.0 Å². The molecular formula is C13H18N4. The molecule has 2 heterocycles. The number of aryl methyl sites for hydroxylation is 2. The van der Waals surface area contributed by atoms with Crippen molar-refractivity contribution in [3.05, 3.63) is 23.4 Å². The Morgan fingerprint density at radius 1 is 1.41 bits per heavy atom. The molecule has 0 bridgehead atoms. The van der Waals surface area contributed by atoms with Crippen molar-refractivity contribution in [2.45, 2.75) is 32.6 Å². The van der Waals surface area contributed by atoms with Crippen molar-refractivity contribution in [1.82, 2.24) is 9.61 Å². The molecule has 90 valence electrons. The molecule has 1 aliphatic rings. The summed E-state index contributed by atoms with van der Waals surface area (Å²) in [6.45, 7) is 3.05. The van der Waals surface area contributed by atoms with E-state index in [1.165, 1.54) is 24.1 Å². The van der Waals surface area contributed by atoms with Gasteiger partial charge >= 0.3 is 0 Å². The van der Waals surface area contributed by atoms with Crippen LogP contribution in [0.4, 0.5) is 11.5 Å². The van der Waals surface area contributed by atoms with Crippen molar-refractivity contribution in [2.24, 2.45) is 0 Å². The summed E-state index contributed by atoms with van der Waals surface area (Å²) in [5.41, 5.74) is 10.7. The summed E-state index contributed by atoms with van der Waals surface area (Å²) in [7, 11) is 0. The molecule has 4 nitrogen and oxygen atoms in total. The van der Waals surface area contributed by atoms with Crippen molar-refractivity contribution in [3.8, 4) is 0 Å². The van der Waals surface area contributed by atoms with E-state index in [1.54, 1.807) is 0 Å². The highest BCUT2D eigenvalue weighted by Crippen LogP contribution is 2.29. The molecule has 0 saturated heterocycles. The first-order valence-electron chi connectivity index (χ1n) is 6.34. The van der Waals surface area contributed by atoms with Gasteiger partial charge in [-0.1, -0.05) is 13.0 Å². The lowest BCUT2D eigenvalue weighted by atomic mass is 10.2. The van der Waals surface area contributed by atoms with Gasteiger partial charge in [-0.3, -0.25) is 0 Å². The topological polar surface area (TPSA) is 55.4 Å². The number of aromatic nitrogens is 2. The van der Waals surface area contributed by atoms with Crippen LogP contribution >= 0.6 is 0 Å². The molecule has 0 saturated carbocycles. The second-order valence-electron chi connectivity index (χ2n) is 4.64. The number of nitrogen functional groups attached to an aromatic ring is 1. The summed E-state index contributed by atoms with van der Waals surface area (Å²) < 4.78 is 2.02. The number of hydrogen-bond donors (Lipinski definition) is 2. The molecule has 0 unspecified atom stereocenters. The largest absolute Gasteiger partial charge is 0.394 e.